The standard InChI is InChI=1S/C23H32O2/c1-6-25-23(24)22-16-8-7-15-21(22)17-20(5)14-10-13-19(4)12-9-11-18(2)3/h7-8,11,13,15-17H,6,9-10,12,14H2,1-5H3/b19-13?,20-17-. The second-order valence-corrected chi connectivity index (χ2v) is 6.71. The maximum atomic E-state index is 12.0. The highest BCUT2D eigenvalue weighted by Gasteiger charge is 2.10. The zero-order valence-electron chi connectivity index (χ0n) is 16.4. The van der Waals surface area contributed by atoms with Gasteiger partial charge in [0.15, 0.2) is 0 Å². The molecule has 0 atom stereocenters. The zero-order valence-corrected chi connectivity index (χ0v) is 16.4. The summed E-state index contributed by atoms with van der Waals surface area (Å²) in [6.07, 6.45) is 11.0. The number of rotatable bonds is 9. The van der Waals surface area contributed by atoms with Crippen LogP contribution in [0.15, 0.2) is 53.1 Å². The first-order chi connectivity index (χ1) is 11.9. The summed E-state index contributed by atoms with van der Waals surface area (Å²) in [5, 5.41) is 0. The van der Waals surface area contributed by atoms with Gasteiger partial charge in [-0.25, -0.2) is 4.79 Å². The third kappa shape index (κ3) is 8.53. The molecule has 1 aromatic carbocycles. The molecule has 0 radical (unpaired) electrons. The molecule has 0 saturated heterocycles. The molecule has 0 fully saturated rings. The first-order valence-electron chi connectivity index (χ1n) is 9.16. The van der Waals surface area contributed by atoms with Gasteiger partial charge in [0, 0.05) is 0 Å². The van der Waals surface area contributed by atoms with Crippen molar-refractivity contribution in [3.8, 4) is 0 Å². The summed E-state index contributed by atoms with van der Waals surface area (Å²) in [7, 11) is 0. The maximum absolute atomic E-state index is 12.0. The van der Waals surface area contributed by atoms with E-state index in [4.69, 9.17) is 4.74 Å². The summed E-state index contributed by atoms with van der Waals surface area (Å²) in [5.74, 6) is -0.253. The van der Waals surface area contributed by atoms with Gasteiger partial charge in [0.2, 0.25) is 0 Å². The van der Waals surface area contributed by atoms with Gasteiger partial charge in [-0.15, -0.1) is 0 Å². The molecule has 0 N–H and O–H groups in total. The molecule has 2 nitrogen and oxygen atoms in total. The normalized spacial score (nSPS) is 12.0. The second kappa shape index (κ2) is 11.5. The molecule has 25 heavy (non-hydrogen) atoms. The minimum absolute atomic E-state index is 0.253. The van der Waals surface area contributed by atoms with Crippen LogP contribution in [0.3, 0.4) is 0 Å². The van der Waals surface area contributed by atoms with Crippen molar-refractivity contribution in [2.45, 2.75) is 60.3 Å². The van der Waals surface area contributed by atoms with E-state index in [0.29, 0.717) is 12.2 Å². The molecule has 1 aromatic rings. The fraction of sp³-hybridized carbons (Fsp3) is 0.435. The average Bonchev–Trinajstić information content (AvgIpc) is 2.55. The summed E-state index contributed by atoms with van der Waals surface area (Å²) in [4.78, 5) is 12.0. The topological polar surface area (TPSA) is 26.3 Å². The lowest BCUT2D eigenvalue weighted by Gasteiger charge is -2.07. The Labute approximate surface area is 153 Å². The van der Waals surface area contributed by atoms with Crippen molar-refractivity contribution in [1.82, 2.24) is 0 Å². The minimum Gasteiger partial charge on any atom is -0.462 e. The molecular weight excluding hydrogens is 308 g/mol. The fourth-order valence-corrected chi connectivity index (χ4v) is 2.59. The minimum atomic E-state index is -0.253. The number of allylic oxidation sites excluding steroid dienone is 5. The Balaban J connectivity index is 2.64. The van der Waals surface area contributed by atoms with Crippen molar-refractivity contribution in [2.75, 3.05) is 6.61 Å². The van der Waals surface area contributed by atoms with Gasteiger partial charge in [0.05, 0.1) is 12.2 Å². The van der Waals surface area contributed by atoms with Crippen molar-refractivity contribution >= 4 is 12.0 Å². The van der Waals surface area contributed by atoms with E-state index in [1.807, 2.05) is 31.2 Å². The third-order valence-electron chi connectivity index (χ3n) is 3.98. The maximum Gasteiger partial charge on any atom is 0.338 e. The van der Waals surface area contributed by atoms with E-state index >= 15 is 0 Å². The lowest BCUT2D eigenvalue weighted by atomic mass is 10.0. The van der Waals surface area contributed by atoms with Crippen molar-refractivity contribution in [3.63, 3.8) is 0 Å². The van der Waals surface area contributed by atoms with Gasteiger partial charge < -0.3 is 4.74 Å². The third-order valence-corrected chi connectivity index (χ3v) is 3.98. The van der Waals surface area contributed by atoms with Gasteiger partial charge in [-0.3, -0.25) is 0 Å². The van der Waals surface area contributed by atoms with E-state index in [9.17, 15) is 4.79 Å². The number of carbonyl (C=O) groups is 1. The molecule has 0 bridgehead atoms. The molecule has 0 spiro atoms. The Morgan fingerprint density at radius 1 is 0.960 bits per heavy atom. The lowest BCUT2D eigenvalue weighted by Crippen LogP contribution is -2.06. The van der Waals surface area contributed by atoms with Crippen molar-refractivity contribution in [1.29, 1.82) is 0 Å². The van der Waals surface area contributed by atoms with E-state index < -0.39 is 0 Å². The van der Waals surface area contributed by atoms with Crippen LogP contribution in [0.5, 0.6) is 0 Å². The number of ether oxygens (including phenoxy) is 1. The summed E-state index contributed by atoms with van der Waals surface area (Å²) in [6.45, 7) is 10.8. The van der Waals surface area contributed by atoms with Crippen LogP contribution in [0.25, 0.3) is 6.08 Å². The highest BCUT2D eigenvalue weighted by atomic mass is 16.5. The monoisotopic (exact) mass is 340 g/mol. The van der Waals surface area contributed by atoms with E-state index in [1.54, 1.807) is 0 Å². The van der Waals surface area contributed by atoms with Gasteiger partial charge in [0.1, 0.15) is 0 Å². The molecule has 0 saturated carbocycles. The number of carbonyl (C=O) groups excluding carboxylic acids is 1. The average molecular weight is 341 g/mol. The molecule has 0 aliphatic rings. The van der Waals surface area contributed by atoms with E-state index in [1.165, 1.54) is 16.7 Å². The van der Waals surface area contributed by atoms with Crippen LogP contribution in [-0.2, 0) is 4.74 Å². The molecule has 1 rings (SSSR count). The molecular formula is C23H32O2. The van der Waals surface area contributed by atoms with E-state index in [-0.39, 0.29) is 5.97 Å². The summed E-state index contributed by atoms with van der Waals surface area (Å²) in [5.41, 5.74) is 5.66. The van der Waals surface area contributed by atoms with Crippen LogP contribution in [0.2, 0.25) is 0 Å². The van der Waals surface area contributed by atoms with Crippen LogP contribution < -0.4 is 0 Å². The van der Waals surface area contributed by atoms with Crippen LogP contribution in [0.4, 0.5) is 0 Å². The molecule has 0 heterocycles. The van der Waals surface area contributed by atoms with Crippen molar-refractivity contribution in [3.05, 3.63) is 64.3 Å². The van der Waals surface area contributed by atoms with Crippen LogP contribution >= 0.6 is 0 Å². The summed E-state index contributed by atoms with van der Waals surface area (Å²) < 4.78 is 5.13. The van der Waals surface area contributed by atoms with Crippen LogP contribution in [0, 0.1) is 0 Å². The Morgan fingerprint density at radius 2 is 1.60 bits per heavy atom. The SMILES string of the molecule is CCOC(=O)c1ccccc1/C=C(/C)CCC=C(C)CCC=C(C)C. The Morgan fingerprint density at radius 3 is 2.28 bits per heavy atom. The second-order valence-electron chi connectivity index (χ2n) is 6.71. The molecule has 0 amide bonds. The van der Waals surface area contributed by atoms with Gasteiger partial charge >= 0.3 is 5.97 Å². The Hall–Kier alpha value is -2.09. The Bertz CT molecular complexity index is 644. The van der Waals surface area contributed by atoms with Crippen molar-refractivity contribution < 1.29 is 9.53 Å². The quantitative estimate of drug-likeness (QED) is 0.367. The number of benzene rings is 1. The van der Waals surface area contributed by atoms with Gasteiger partial charge in [0.25, 0.3) is 0 Å². The predicted octanol–water partition coefficient (Wildman–Crippen LogP) is 6.74. The largest absolute Gasteiger partial charge is 0.462 e. The van der Waals surface area contributed by atoms with Crippen LogP contribution in [0.1, 0.15) is 76.2 Å². The van der Waals surface area contributed by atoms with Crippen LogP contribution in [-0.4, -0.2) is 12.6 Å². The first kappa shape index (κ1) is 21.0. The molecule has 0 aromatic heterocycles. The number of hydrogen-bond donors (Lipinski definition) is 0. The molecule has 2 heteroatoms. The van der Waals surface area contributed by atoms with Crippen molar-refractivity contribution in [2.24, 2.45) is 0 Å². The number of esters is 1. The summed E-state index contributed by atoms with van der Waals surface area (Å²) >= 11 is 0. The first-order valence-corrected chi connectivity index (χ1v) is 9.16. The molecule has 136 valence electrons. The molecule has 0 aliphatic heterocycles. The van der Waals surface area contributed by atoms with E-state index in [0.717, 1.165) is 31.2 Å². The van der Waals surface area contributed by atoms with Gasteiger partial charge in [-0.1, -0.05) is 53.1 Å². The highest BCUT2D eigenvalue weighted by molar-refractivity contribution is 5.93. The fourth-order valence-electron chi connectivity index (χ4n) is 2.59. The lowest BCUT2D eigenvalue weighted by molar-refractivity contribution is 0.0526. The van der Waals surface area contributed by atoms with Gasteiger partial charge in [-0.05, 0) is 71.9 Å². The smallest absolute Gasteiger partial charge is 0.338 e. The predicted molar refractivity (Wildman–Crippen MR) is 108 cm³/mol. The van der Waals surface area contributed by atoms with E-state index in [2.05, 4.69) is 45.9 Å². The summed E-state index contributed by atoms with van der Waals surface area (Å²) in [6, 6.07) is 7.62. The molecule has 0 unspecified atom stereocenters. The zero-order chi connectivity index (χ0) is 18.7. The highest BCUT2D eigenvalue weighted by Crippen LogP contribution is 2.18. The van der Waals surface area contributed by atoms with Gasteiger partial charge in [-0.2, -0.15) is 0 Å². The number of hydrogen-bond acceptors (Lipinski definition) is 2. The Kier molecular flexibility index (Phi) is 9.61. The molecule has 0 aliphatic carbocycles.